The molecule has 3 rings (SSSR count). The Morgan fingerprint density at radius 1 is 1.18 bits per heavy atom. The Balaban J connectivity index is 1.92. The maximum absolute atomic E-state index is 11.5. The lowest BCUT2D eigenvalue weighted by Crippen LogP contribution is -1.99. The number of halogens is 2. The second kappa shape index (κ2) is 6.15. The van der Waals surface area contributed by atoms with Crippen LogP contribution in [0.15, 0.2) is 56.1 Å². The highest BCUT2D eigenvalue weighted by atomic mass is 79.9. The Morgan fingerprint density at radius 3 is 2.64 bits per heavy atom. The van der Waals surface area contributed by atoms with E-state index in [-0.39, 0.29) is 5.63 Å². The molecule has 0 bridgehead atoms. The van der Waals surface area contributed by atoms with Gasteiger partial charge in [-0.3, -0.25) is 0 Å². The fourth-order valence-electron chi connectivity index (χ4n) is 2.17. The molecule has 0 N–H and O–H groups in total. The van der Waals surface area contributed by atoms with Crippen molar-refractivity contribution in [2.24, 2.45) is 0 Å². The second-order valence-electron chi connectivity index (χ2n) is 4.94. The lowest BCUT2D eigenvalue weighted by Gasteiger charge is -2.10. The summed E-state index contributed by atoms with van der Waals surface area (Å²) >= 11 is 9.64. The zero-order valence-corrected chi connectivity index (χ0v) is 14.1. The molecule has 112 valence electrons. The molecule has 1 heterocycles. The van der Waals surface area contributed by atoms with Crippen molar-refractivity contribution in [2.75, 3.05) is 0 Å². The number of ether oxygens (including phenoxy) is 1. The van der Waals surface area contributed by atoms with Crippen molar-refractivity contribution in [3.63, 3.8) is 0 Å². The maximum Gasteiger partial charge on any atom is 0.336 e. The summed E-state index contributed by atoms with van der Waals surface area (Å²) in [7, 11) is 0. The molecule has 5 heteroatoms. The monoisotopic (exact) mass is 378 g/mol. The van der Waals surface area contributed by atoms with E-state index in [1.807, 2.05) is 31.2 Å². The van der Waals surface area contributed by atoms with E-state index in [2.05, 4.69) is 15.9 Å². The molecular formula is C17H12BrClO3. The predicted molar refractivity (Wildman–Crippen MR) is 90.7 cm³/mol. The molecule has 0 aliphatic rings. The second-order valence-corrected chi connectivity index (χ2v) is 6.27. The number of hydrogen-bond acceptors (Lipinski definition) is 3. The Hall–Kier alpha value is -1.78. The normalized spacial score (nSPS) is 10.9. The van der Waals surface area contributed by atoms with Crippen LogP contribution in [0, 0.1) is 6.92 Å². The van der Waals surface area contributed by atoms with E-state index in [9.17, 15) is 4.79 Å². The number of rotatable bonds is 3. The molecule has 0 unspecified atom stereocenters. The summed E-state index contributed by atoms with van der Waals surface area (Å²) in [6.07, 6.45) is 0. The predicted octanol–water partition coefficient (Wildman–Crippen LogP) is 5.10. The van der Waals surface area contributed by atoms with Gasteiger partial charge in [0.15, 0.2) is 0 Å². The van der Waals surface area contributed by atoms with Gasteiger partial charge in [0, 0.05) is 22.0 Å². The Labute approximate surface area is 140 Å². The summed E-state index contributed by atoms with van der Waals surface area (Å²) in [5.41, 5.74) is 1.93. The molecule has 3 nitrogen and oxygen atoms in total. The van der Waals surface area contributed by atoms with Gasteiger partial charge >= 0.3 is 5.63 Å². The molecule has 0 spiro atoms. The van der Waals surface area contributed by atoms with Crippen LogP contribution in [0.1, 0.15) is 11.1 Å². The number of benzene rings is 2. The molecule has 22 heavy (non-hydrogen) atoms. The van der Waals surface area contributed by atoms with Crippen LogP contribution in [0.3, 0.4) is 0 Å². The topological polar surface area (TPSA) is 39.4 Å². The van der Waals surface area contributed by atoms with Gasteiger partial charge in [-0.1, -0.05) is 39.7 Å². The third-order valence-electron chi connectivity index (χ3n) is 3.31. The minimum atomic E-state index is -0.383. The third kappa shape index (κ3) is 3.18. The van der Waals surface area contributed by atoms with Crippen LogP contribution in [0.25, 0.3) is 11.0 Å². The molecule has 0 amide bonds. The molecule has 0 saturated heterocycles. The largest absolute Gasteiger partial charge is 0.487 e. The fourth-order valence-corrected chi connectivity index (χ4v) is 2.65. The van der Waals surface area contributed by atoms with Gasteiger partial charge in [0.05, 0.1) is 5.02 Å². The highest BCUT2D eigenvalue weighted by Gasteiger charge is 2.09. The van der Waals surface area contributed by atoms with Crippen molar-refractivity contribution >= 4 is 38.5 Å². The van der Waals surface area contributed by atoms with Crippen LogP contribution in [0.4, 0.5) is 0 Å². The van der Waals surface area contributed by atoms with E-state index in [1.165, 1.54) is 6.07 Å². The molecule has 0 saturated carbocycles. The van der Waals surface area contributed by atoms with E-state index < -0.39 is 0 Å². The van der Waals surface area contributed by atoms with Crippen LogP contribution in [-0.4, -0.2) is 0 Å². The number of aryl methyl sites for hydroxylation is 1. The van der Waals surface area contributed by atoms with Crippen LogP contribution in [0.5, 0.6) is 5.75 Å². The van der Waals surface area contributed by atoms with Gasteiger partial charge in [-0.15, -0.1) is 0 Å². The quantitative estimate of drug-likeness (QED) is 0.595. The Bertz CT molecular complexity index is 885. The zero-order chi connectivity index (χ0) is 15.7. The van der Waals surface area contributed by atoms with E-state index >= 15 is 0 Å². The first kappa shape index (κ1) is 15.1. The summed E-state index contributed by atoms with van der Waals surface area (Å²) in [4.78, 5) is 11.5. The van der Waals surface area contributed by atoms with Gasteiger partial charge in [0.1, 0.15) is 17.9 Å². The van der Waals surface area contributed by atoms with Crippen molar-refractivity contribution in [3.8, 4) is 5.75 Å². The Kier molecular flexibility index (Phi) is 4.23. The average Bonchev–Trinajstić information content (AvgIpc) is 2.48. The Morgan fingerprint density at radius 2 is 1.91 bits per heavy atom. The lowest BCUT2D eigenvalue weighted by molar-refractivity contribution is 0.306. The van der Waals surface area contributed by atoms with Gasteiger partial charge in [-0.2, -0.15) is 0 Å². The van der Waals surface area contributed by atoms with E-state index in [4.69, 9.17) is 20.8 Å². The molecule has 2 aromatic carbocycles. The minimum absolute atomic E-state index is 0.383. The first-order chi connectivity index (χ1) is 10.5. The molecule has 0 radical (unpaired) electrons. The van der Waals surface area contributed by atoms with Crippen molar-refractivity contribution < 1.29 is 9.15 Å². The summed E-state index contributed by atoms with van der Waals surface area (Å²) in [5.74, 6) is 0.492. The molecule has 1 aromatic heterocycles. The number of fused-ring (bicyclic) bond motifs is 1. The fraction of sp³-hybridized carbons (Fsp3) is 0.118. The van der Waals surface area contributed by atoms with Gasteiger partial charge in [-0.05, 0) is 36.2 Å². The summed E-state index contributed by atoms with van der Waals surface area (Å²) in [5, 5.41) is 1.29. The van der Waals surface area contributed by atoms with Gasteiger partial charge in [0.2, 0.25) is 0 Å². The molecular weight excluding hydrogens is 368 g/mol. The van der Waals surface area contributed by atoms with Crippen molar-refractivity contribution in [1.29, 1.82) is 0 Å². The summed E-state index contributed by atoms with van der Waals surface area (Å²) in [6.45, 7) is 2.23. The SMILES string of the molecule is Cc1cc(=O)oc2cc(OCc3ccc(Br)cc3)c(Cl)cc12. The zero-order valence-electron chi connectivity index (χ0n) is 11.7. The van der Waals surface area contributed by atoms with Crippen LogP contribution >= 0.6 is 27.5 Å². The van der Waals surface area contributed by atoms with Crippen LogP contribution in [-0.2, 0) is 6.61 Å². The highest BCUT2D eigenvalue weighted by molar-refractivity contribution is 9.10. The lowest BCUT2D eigenvalue weighted by atomic mass is 10.1. The summed E-state index contributed by atoms with van der Waals surface area (Å²) < 4.78 is 12.0. The standard InChI is InChI=1S/C17H12BrClO3/c1-10-6-17(20)22-15-8-16(14(19)7-13(10)15)21-9-11-2-4-12(18)5-3-11/h2-8H,9H2,1H3. The molecule has 3 aromatic rings. The van der Waals surface area contributed by atoms with Crippen molar-refractivity contribution in [2.45, 2.75) is 13.5 Å². The van der Waals surface area contributed by atoms with Crippen molar-refractivity contribution in [3.05, 3.63) is 73.5 Å². The van der Waals surface area contributed by atoms with E-state index in [1.54, 1.807) is 12.1 Å². The van der Waals surface area contributed by atoms with Gasteiger partial charge in [-0.25, -0.2) is 4.79 Å². The van der Waals surface area contributed by atoms with Gasteiger partial charge < -0.3 is 9.15 Å². The minimum Gasteiger partial charge on any atom is -0.487 e. The van der Waals surface area contributed by atoms with Crippen LogP contribution < -0.4 is 10.4 Å². The first-order valence-corrected chi connectivity index (χ1v) is 7.81. The smallest absolute Gasteiger partial charge is 0.336 e. The van der Waals surface area contributed by atoms with E-state index in [0.29, 0.717) is 23.0 Å². The molecule has 0 aliphatic carbocycles. The van der Waals surface area contributed by atoms with Crippen LogP contribution in [0.2, 0.25) is 5.02 Å². The first-order valence-electron chi connectivity index (χ1n) is 6.64. The third-order valence-corrected chi connectivity index (χ3v) is 4.14. The maximum atomic E-state index is 11.5. The molecule has 0 fully saturated rings. The summed E-state index contributed by atoms with van der Waals surface area (Å²) in [6, 6.07) is 12.7. The highest BCUT2D eigenvalue weighted by Crippen LogP contribution is 2.31. The average molecular weight is 380 g/mol. The van der Waals surface area contributed by atoms with E-state index in [0.717, 1.165) is 21.0 Å². The molecule has 0 aliphatic heterocycles. The number of hydrogen-bond donors (Lipinski definition) is 0. The van der Waals surface area contributed by atoms with Gasteiger partial charge in [0.25, 0.3) is 0 Å². The van der Waals surface area contributed by atoms with Crippen molar-refractivity contribution in [1.82, 2.24) is 0 Å². The molecule has 0 atom stereocenters.